The number of para-hydroxylation sites is 1. The Labute approximate surface area is 321 Å². The highest BCUT2D eigenvalue weighted by Gasteiger charge is 2.37. The summed E-state index contributed by atoms with van der Waals surface area (Å²) in [6.07, 6.45) is 2.06. The lowest BCUT2D eigenvalue weighted by atomic mass is 9.99. The number of ether oxygens (including phenoxy) is 2. The number of urea groups is 1. The minimum absolute atomic E-state index is 0.0205. The second-order valence-corrected chi connectivity index (χ2v) is 15.2. The van der Waals surface area contributed by atoms with Crippen LogP contribution in [0.3, 0.4) is 0 Å². The molecule has 296 valence electrons. The van der Waals surface area contributed by atoms with Gasteiger partial charge in [0.1, 0.15) is 0 Å². The third-order valence-electron chi connectivity index (χ3n) is 11.7. The van der Waals surface area contributed by atoms with Crippen LogP contribution in [-0.4, -0.2) is 143 Å². The predicted octanol–water partition coefficient (Wildman–Crippen LogP) is 3.21. The van der Waals surface area contributed by atoms with Gasteiger partial charge in [0.2, 0.25) is 0 Å². The van der Waals surface area contributed by atoms with Crippen LogP contribution in [0.15, 0.2) is 45.6 Å². The topological polar surface area (TPSA) is 150 Å². The fraction of sp³-hybridized carbons (Fsp3) is 0.575. The second kappa shape index (κ2) is 16.9. The quantitative estimate of drug-likeness (QED) is 0.323. The molecule has 2 aromatic carbocycles. The predicted molar refractivity (Wildman–Crippen MR) is 205 cm³/mol. The van der Waals surface area contributed by atoms with Gasteiger partial charge in [-0.3, -0.25) is 24.0 Å². The van der Waals surface area contributed by atoms with E-state index in [0.29, 0.717) is 75.9 Å². The van der Waals surface area contributed by atoms with Crippen LogP contribution in [-0.2, 0) is 39.0 Å². The van der Waals surface area contributed by atoms with Crippen LogP contribution in [0.1, 0.15) is 49.3 Å². The molecule has 1 atom stereocenters. The number of esters is 1. The Morgan fingerprint density at radius 3 is 2.31 bits per heavy atom. The normalized spacial score (nSPS) is 19.8. The first-order valence-corrected chi connectivity index (χ1v) is 19.7. The van der Waals surface area contributed by atoms with E-state index in [2.05, 4.69) is 15.1 Å². The third kappa shape index (κ3) is 8.67. The molecular weight excluding hydrogens is 706 g/mol. The van der Waals surface area contributed by atoms with Crippen molar-refractivity contribution in [1.29, 1.82) is 0 Å². The highest BCUT2D eigenvalue weighted by molar-refractivity contribution is 5.91. The first kappa shape index (κ1) is 38.4. The number of benzene rings is 2. The number of fused-ring (bicyclic) bond motifs is 2. The minimum Gasteiger partial charge on any atom is -0.465 e. The lowest BCUT2D eigenvalue weighted by Gasteiger charge is -2.43. The number of amides is 4. The molecule has 4 aliphatic heterocycles. The van der Waals surface area contributed by atoms with E-state index in [1.54, 1.807) is 18.0 Å². The molecule has 4 aliphatic rings. The average molecular weight is 760 g/mol. The van der Waals surface area contributed by atoms with E-state index in [-0.39, 0.29) is 30.4 Å². The molecule has 1 aromatic heterocycles. The van der Waals surface area contributed by atoms with Crippen LogP contribution in [0.2, 0.25) is 0 Å². The van der Waals surface area contributed by atoms with Gasteiger partial charge in [0.25, 0.3) is 5.91 Å². The van der Waals surface area contributed by atoms with Gasteiger partial charge >= 0.3 is 23.8 Å². The Morgan fingerprint density at radius 2 is 1.58 bits per heavy atom. The molecule has 0 aliphatic carbocycles. The van der Waals surface area contributed by atoms with E-state index in [0.717, 1.165) is 67.8 Å². The number of aromatic nitrogens is 1. The summed E-state index contributed by atoms with van der Waals surface area (Å²) in [4.78, 5) is 75.4. The summed E-state index contributed by atoms with van der Waals surface area (Å²) in [5.74, 6) is -0.906. The number of aryl methyl sites for hydroxylation is 2. The zero-order valence-electron chi connectivity index (χ0n) is 32.2. The maximum Gasteiger partial charge on any atom is 0.419 e. The van der Waals surface area contributed by atoms with Crippen molar-refractivity contribution in [2.45, 2.75) is 70.6 Å². The molecule has 4 amide bonds. The molecule has 55 heavy (non-hydrogen) atoms. The Balaban J connectivity index is 0.985. The fourth-order valence-corrected chi connectivity index (χ4v) is 8.72. The minimum atomic E-state index is -1.07. The largest absolute Gasteiger partial charge is 0.465 e. The smallest absolute Gasteiger partial charge is 0.419 e. The summed E-state index contributed by atoms with van der Waals surface area (Å²) < 4.78 is 18.2. The molecule has 3 fully saturated rings. The molecule has 3 aromatic rings. The first-order valence-electron chi connectivity index (χ1n) is 19.7. The van der Waals surface area contributed by atoms with E-state index >= 15 is 0 Å². The summed E-state index contributed by atoms with van der Waals surface area (Å²) >= 11 is 0. The van der Waals surface area contributed by atoms with Gasteiger partial charge in [-0.15, -0.1) is 0 Å². The number of carbonyl (C=O) groups excluding carboxylic acids is 4. The number of nitrogens with one attached hydrogen (secondary N) is 1. The standard InChI is InChI=1S/C40H53N7O8/c1-4-53-35(48)26-43-19-21-44(22-20-43)30-10-14-45(15-11-30)37(49)34(25-28-23-27(2)36-33(24-28)54-39(51)42(36)3)55-40(52)46-16-12-31(13-17-46)47-18-9-29-7-5-6-8-32(29)41-38(47)50/h5-8,23-24,30-31,34H,4,9-22,25-26H2,1-3H3,(H,41,50). The lowest BCUT2D eigenvalue weighted by molar-refractivity contribution is -0.145. The number of hydrogen-bond acceptors (Lipinski definition) is 10. The van der Waals surface area contributed by atoms with Crippen molar-refractivity contribution in [3.05, 3.63) is 63.6 Å². The third-order valence-corrected chi connectivity index (χ3v) is 11.7. The van der Waals surface area contributed by atoms with Crippen molar-refractivity contribution in [2.75, 3.05) is 77.4 Å². The summed E-state index contributed by atoms with van der Waals surface area (Å²) in [6, 6.07) is 11.7. The van der Waals surface area contributed by atoms with Crippen LogP contribution < -0.4 is 11.1 Å². The van der Waals surface area contributed by atoms with Gasteiger partial charge in [0, 0.05) is 90.1 Å². The number of piperidine rings is 2. The van der Waals surface area contributed by atoms with Crippen LogP contribution in [0.4, 0.5) is 15.3 Å². The molecule has 0 radical (unpaired) electrons. The maximum atomic E-state index is 14.3. The monoisotopic (exact) mass is 759 g/mol. The Kier molecular flexibility index (Phi) is 11.8. The van der Waals surface area contributed by atoms with Crippen molar-refractivity contribution >= 4 is 40.8 Å². The molecule has 0 bridgehead atoms. The van der Waals surface area contributed by atoms with Gasteiger partial charge in [-0.2, -0.15) is 0 Å². The highest BCUT2D eigenvalue weighted by atomic mass is 16.6. The SMILES string of the molecule is CCOC(=O)CN1CCN(C2CCN(C(=O)C(Cc3cc(C)c4c(c3)oc(=O)n4C)OC(=O)N3CCC(N4CCc5ccccc5NC4=O)CC3)CC2)CC1. The van der Waals surface area contributed by atoms with Gasteiger partial charge in [-0.25, -0.2) is 14.4 Å². The second-order valence-electron chi connectivity index (χ2n) is 15.2. The lowest BCUT2D eigenvalue weighted by Crippen LogP contribution is -2.55. The van der Waals surface area contributed by atoms with Crippen molar-refractivity contribution in [2.24, 2.45) is 7.05 Å². The number of anilines is 1. The van der Waals surface area contributed by atoms with Gasteiger partial charge in [0.05, 0.1) is 18.7 Å². The molecule has 0 saturated carbocycles. The zero-order valence-corrected chi connectivity index (χ0v) is 32.2. The molecule has 15 heteroatoms. The molecule has 3 saturated heterocycles. The van der Waals surface area contributed by atoms with E-state index < -0.39 is 18.0 Å². The molecule has 5 heterocycles. The van der Waals surface area contributed by atoms with E-state index in [1.807, 2.05) is 54.0 Å². The number of carbonyl (C=O) groups is 4. The van der Waals surface area contributed by atoms with Gasteiger partial charge in [-0.1, -0.05) is 24.3 Å². The molecule has 1 N–H and O–H groups in total. The molecule has 15 nitrogen and oxygen atoms in total. The summed E-state index contributed by atoms with van der Waals surface area (Å²) in [5, 5.41) is 3.04. The summed E-state index contributed by atoms with van der Waals surface area (Å²) in [7, 11) is 1.66. The highest BCUT2D eigenvalue weighted by Crippen LogP contribution is 2.27. The number of oxazole rings is 1. The van der Waals surface area contributed by atoms with E-state index in [9.17, 15) is 24.0 Å². The maximum absolute atomic E-state index is 14.3. The van der Waals surface area contributed by atoms with E-state index in [4.69, 9.17) is 13.9 Å². The van der Waals surface area contributed by atoms with Crippen LogP contribution in [0.5, 0.6) is 0 Å². The van der Waals surface area contributed by atoms with Crippen molar-refractivity contribution in [1.82, 2.24) is 29.1 Å². The van der Waals surface area contributed by atoms with Crippen LogP contribution >= 0.6 is 0 Å². The number of piperazine rings is 1. The van der Waals surface area contributed by atoms with Crippen LogP contribution in [0, 0.1) is 6.92 Å². The average Bonchev–Trinajstić information content (AvgIpc) is 3.36. The first-order chi connectivity index (χ1) is 26.6. The fourth-order valence-electron chi connectivity index (χ4n) is 8.72. The Bertz CT molecular complexity index is 1940. The zero-order chi connectivity index (χ0) is 38.6. The number of rotatable bonds is 9. The Hall–Kier alpha value is -4.89. The van der Waals surface area contributed by atoms with Crippen molar-refractivity contribution in [3.63, 3.8) is 0 Å². The van der Waals surface area contributed by atoms with E-state index in [1.165, 1.54) is 4.57 Å². The van der Waals surface area contributed by atoms with Crippen molar-refractivity contribution < 1.29 is 33.1 Å². The molecular formula is C40H53N7O8. The van der Waals surface area contributed by atoms with Gasteiger partial charge in [-0.05, 0) is 74.8 Å². The summed E-state index contributed by atoms with van der Waals surface area (Å²) in [5.41, 5.74) is 4.60. The molecule has 7 rings (SSSR count). The number of nitrogens with zero attached hydrogens (tertiary/aromatic N) is 6. The number of hydrogen-bond donors (Lipinski definition) is 1. The number of likely N-dealkylation sites (tertiary alicyclic amines) is 2. The van der Waals surface area contributed by atoms with Crippen molar-refractivity contribution in [3.8, 4) is 0 Å². The summed E-state index contributed by atoms with van der Waals surface area (Å²) in [6.45, 7) is 10.2. The van der Waals surface area contributed by atoms with Gasteiger partial charge < -0.3 is 33.9 Å². The van der Waals surface area contributed by atoms with Crippen LogP contribution in [0.25, 0.3) is 11.1 Å². The van der Waals surface area contributed by atoms with Gasteiger partial charge in [0.15, 0.2) is 11.7 Å². The molecule has 1 unspecified atom stereocenters. The Morgan fingerprint density at radius 1 is 0.891 bits per heavy atom. The molecule has 0 spiro atoms.